The second kappa shape index (κ2) is 10.4. The lowest BCUT2D eigenvalue weighted by Crippen LogP contribution is -2.34. The normalized spacial score (nSPS) is 10.2. The van der Waals surface area contributed by atoms with Gasteiger partial charge in [0, 0.05) is 27.5 Å². The van der Waals surface area contributed by atoms with Crippen LogP contribution in [0.1, 0.15) is 20.7 Å². The number of carbonyl (C=O) groups is 2. The summed E-state index contributed by atoms with van der Waals surface area (Å²) in [5, 5.41) is 8.98. The minimum absolute atomic E-state index is 0.146. The fourth-order valence-corrected chi connectivity index (χ4v) is 3.56. The van der Waals surface area contributed by atoms with Crippen molar-refractivity contribution in [2.24, 2.45) is 0 Å². The maximum Gasteiger partial charge on any atom is 0.257 e. The molecule has 0 radical (unpaired) electrons. The average Bonchev–Trinajstić information content (AvgIpc) is 2.75. The summed E-state index contributed by atoms with van der Waals surface area (Å²) in [4.78, 5) is 24.7. The second-order valence-corrected chi connectivity index (χ2v) is 8.00. The summed E-state index contributed by atoms with van der Waals surface area (Å²) in [6.07, 6.45) is 0. The third-order valence-electron chi connectivity index (χ3n) is 4.13. The summed E-state index contributed by atoms with van der Waals surface area (Å²) in [6.45, 7) is 0. The van der Waals surface area contributed by atoms with E-state index in [4.69, 9.17) is 28.6 Å². The van der Waals surface area contributed by atoms with Crippen LogP contribution < -0.4 is 20.7 Å². The molecule has 0 heterocycles. The largest absolute Gasteiger partial charge is 0.496 e. The Morgan fingerprint density at radius 1 is 0.903 bits per heavy atom. The van der Waals surface area contributed by atoms with Crippen LogP contribution in [0.15, 0.2) is 71.2 Å². The summed E-state index contributed by atoms with van der Waals surface area (Å²) in [7, 11) is 1.55. The van der Waals surface area contributed by atoms with Crippen LogP contribution >= 0.6 is 39.7 Å². The van der Waals surface area contributed by atoms with Crippen molar-refractivity contribution in [3.05, 3.63) is 87.4 Å². The minimum Gasteiger partial charge on any atom is -0.496 e. The fourth-order valence-electron chi connectivity index (χ4n) is 2.62. The van der Waals surface area contributed by atoms with Crippen LogP contribution in [0.25, 0.3) is 0 Å². The molecule has 6 nitrogen and oxygen atoms in total. The molecule has 0 saturated heterocycles. The molecule has 0 atom stereocenters. The van der Waals surface area contributed by atoms with Crippen molar-refractivity contribution in [1.82, 2.24) is 5.32 Å². The van der Waals surface area contributed by atoms with E-state index >= 15 is 0 Å². The van der Waals surface area contributed by atoms with Gasteiger partial charge in [0.2, 0.25) is 0 Å². The number of carbonyl (C=O) groups excluding carboxylic acids is 2. The van der Waals surface area contributed by atoms with E-state index in [2.05, 4.69) is 31.9 Å². The van der Waals surface area contributed by atoms with Crippen LogP contribution in [0, 0.1) is 0 Å². The van der Waals surface area contributed by atoms with Crippen LogP contribution in [-0.4, -0.2) is 24.0 Å². The molecular formula is C22H17BrClN3O3S. The number of rotatable bonds is 5. The molecule has 0 aliphatic rings. The Bertz CT molecular complexity index is 1140. The Hall–Kier alpha value is -2.94. The van der Waals surface area contributed by atoms with E-state index < -0.39 is 0 Å². The number of hydrogen-bond acceptors (Lipinski definition) is 4. The third kappa shape index (κ3) is 6.27. The smallest absolute Gasteiger partial charge is 0.257 e. The first kappa shape index (κ1) is 22.7. The number of anilines is 2. The molecule has 9 heteroatoms. The van der Waals surface area contributed by atoms with Gasteiger partial charge in [0.1, 0.15) is 5.75 Å². The highest BCUT2D eigenvalue weighted by Gasteiger charge is 2.11. The van der Waals surface area contributed by atoms with Crippen molar-refractivity contribution in [2.45, 2.75) is 0 Å². The molecule has 158 valence electrons. The van der Waals surface area contributed by atoms with Gasteiger partial charge in [-0.05, 0) is 88.8 Å². The molecular weight excluding hydrogens is 502 g/mol. The van der Waals surface area contributed by atoms with Crippen molar-refractivity contribution < 1.29 is 14.3 Å². The lowest BCUT2D eigenvalue weighted by atomic mass is 10.2. The fraction of sp³-hybridized carbons (Fsp3) is 0.0455. The zero-order chi connectivity index (χ0) is 22.4. The van der Waals surface area contributed by atoms with Gasteiger partial charge >= 0.3 is 0 Å². The standard InChI is InChI=1S/C22H17BrClN3O3S/c1-30-19-10-5-14(12-18(19)23)21(29)27-22(31)26-17-8-6-16(7-9-17)25-20(28)13-3-2-4-15(24)11-13/h2-12H,1H3,(H,25,28)(H2,26,27,29,31). The number of nitrogens with one attached hydrogen (secondary N) is 3. The highest BCUT2D eigenvalue weighted by molar-refractivity contribution is 9.10. The van der Waals surface area contributed by atoms with Gasteiger partial charge < -0.3 is 15.4 Å². The first-order valence-corrected chi connectivity index (χ1v) is 10.6. The monoisotopic (exact) mass is 517 g/mol. The Labute approximate surface area is 198 Å². The number of benzene rings is 3. The molecule has 3 aromatic rings. The lowest BCUT2D eigenvalue weighted by Gasteiger charge is -2.11. The second-order valence-electron chi connectivity index (χ2n) is 6.30. The zero-order valence-corrected chi connectivity index (χ0v) is 19.4. The number of ether oxygens (including phenoxy) is 1. The van der Waals surface area contributed by atoms with Gasteiger partial charge in [0.15, 0.2) is 5.11 Å². The van der Waals surface area contributed by atoms with Gasteiger partial charge in [-0.3, -0.25) is 14.9 Å². The van der Waals surface area contributed by atoms with E-state index in [-0.39, 0.29) is 16.9 Å². The highest BCUT2D eigenvalue weighted by atomic mass is 79.9. The van der Waals surface area contributed by atoms with E-state index in [0.717, 1.165) is 0 Å². The van der Waals surface area contributed by atoms with Crippen LogP contribution in [-0.2, 0) is 0 Å². The first-order chi connectivity index (χ1) is 14.9. The molecule has 0 aliphatic carbocycles. The summed E-state index contributed by atoms with van der Waals surface area (Å²) in [5.74, 6) is 0.00250. The SMILES string of the molecule is COc1ccc(C(=O)NC(=S)Nc2ccc(NC(=O)c3cccc(Cl)c3)cc2)cc1Br. The van der Waals surface area contributed by atoms with Gasteiger partial charge in [-0.25, -0.2) is 0 Å². The van der Waals surface area contributed by atoms with Crippen LogP contribution in [0.3, 0.4) is 0 Å². The molecule has 31 heavy (non-hydrogen) atoms. The van der Waals surface area contributed by atoms with E-state index in [1.165, 1.54) is 0 Å². The summed E-state index contributed by atoms with van der Waals surface area (Å²) in [5.41, 5.74) is 2.15. The van der Waals surface area contributed by atoms with Crippen molar-refractivity contribution in [3.63, 3.8) is 0 Å². The van der Waals surface area contributed by atoms with E-state index in [1.807, 2.05) is 0 Å². The number of methoxy groups -OCH3 is 1. The molecule has 2 amide bonds. The van der Waals surface area contributed by atoms with Gasteiger partial charge in [0.25, 0.3) is 11.8 Å². The Balaban J connectivity index is 1.56. The Morgan fingerprint density at radius 2 is 1.55 bits per heavy atom. The Morgan fingerprint density at radius 3 is 2.16 bits per heavy atom. The van der Waals surface area contributed by atoms with Gasteiger partial charge in [-0.1, -0.05) is 17.7 Å². The molecule has 0 aromatic heterocycles. The van der Waals surface area contributed by atoms with Gasteiger partial charge in [-0.15, -0.1) is 0 Å². The van der Waals surface area contributed by atoms with Crippen LogP contribution in [0.4, 0.5) is 11.4 Å². The molecule has 3 rings (SSSR count). The summed E-state index contributed by atoms with van der Waals surface area (Å²) >= 11 is 14.5. The van der Waals surface area contributed by atoms with E-state index in [1.54, 1.807) is 73.8 Å². The van der Waals surface area contributed by atoms with E-state index in [9.17, 15) is 9.59 Å². The molecule has 3 N–H and O–H groups in total. The van der Waals surface area contributed by atoms with Gasteiger partial charge in [0.05, 0.1) is 11.6 Å². The lowest BCUT2D eigenvalue weighted by molar-refractivity contribution is 0.0976. The number of hydrogen-bond donors (Lipinski definition) is 3. The van der Waals surface area contributed by atoms with Crippen LogP contribution in [0.2, 0.25) is 5.02 Å². The predicted octanol–water partition coefficient (Wildman–Crippen LogP) is 5.49. The van der Waals surface area contributed by atoms with Crippen LogP contribution in [0.5, 0.6) is 5.75 Å². The molecule has 0 unspecified atom stereocenters. The van der Waals surface area contributed by atoms with Crippen molar-refractivity contribution in [3.8, 4) is 5.75 Å². The average molecular weight is 519 g/mol. The molecule has 0 fully saturated rings. The number of amides is 2. The molecule has 0 spiro atoms. The van der Waals surface area contributed by atoms with Crippen molar-refractivity contribution >= 4 is 68.1 Å². The Kier molecular flexibility index (Phi) is 7.62. The topological polar surface area (TPSA) is 79.5 Å². The number of thiocarbonyl (C=S) groups is 1. The maximum absolute atomic E-state index is 12.4. The molecule has 0 aliphatic heterocycles. The first-order valence-electron chi connectivity index (χ1n) is 8.98. The number of halogens is 2. The van der Waals surface area contributed by atoms with Crippen molar-refractivity contribution in [2.75, 3.05) is 17.7 Å². The quantitative estimate of drug-likeness (QED) is 0.389. The maximum atomic E-state index is 12.4. The predicted molar refractivity (Wildman–Crippen MR) is 130 cm³/mol. The molecule has 0 saturated carbocycles. The summed E-state index contributed by atoms with van der Waals surface area (Å²) < 4.78 is 5.82. The summed E-state index contributed by atoms with van der Waals surface area (Å²) in [6, 6.07) is 18.6. The van der Waals surface area contributed by atoms with Gasteiger partial charge in [-0.2, -0.15) is 0 Å². The minimum atomic E-state index is -0.355. The molecule has 3 aromatic carbocycles. The highest BCUT2D eigenvalue weighted by Crippen LogP contribution is 2.25. The third-order valence-corrected chi connectivity index (χ3v) is 5.19. The van der Waals surface area contributed by atoms with Crippen molar-refractivity contribution in [1.29, 1.82) is 0 Å². The zero-order valence-electron chi connectivity index (χ0n) is 16.2. The molecule has 0 bridgehead atoms. The van der Waals surface area contributed by atoms with E-state index in [0.29, 0.717) is 37.7 Å².